The summed E-state index contributed by atoms with van der Waals surface area (Å²) < 4.78 is 30.8. The second-order valence-electron chi connectivity index (χ2n) is 12.7. The Labute approximate surface area is 311 Å². The van der Waals surface area contributed by atoms with Crippen molar-refractivity contribution in [3.63, 3.8) is 0 Å². The van der Waals surface area contributed by atoms with Crippen LogP contribution in [0.15, 0.2) is 72.8 Å². The number of nitrogens with one attached hydrogen (secondary N) is 5. The van der Waals surface area contributed by atoms with Gasteiger partial charge in [0, 0.05) is 45.5 Å². The number of carbonyl (C=O) groups is 6. The summed E-state index contributed by atoms with van der Waals surface area (Å²) in [7, 11) is 1.35. The molecule has 5 rings (SSSR count). The first-order chi connectivity index (χ1) is 26.0. The highest BCUT2D eigenvalue weighted by Crippen LogP contribution is 2.36. The van der Waals surface area contributed by atoms with Crippen LogP contribution in [0.3, 0.4) is 0 Å². The highest BCUT2D eigenvalue weighted by atomic mass is 19.1. The van der Waals surface area contributed by atoms with Gasteiger partial charge in [0.05, 0.1) is 5.69 Å². The number of benzene rings is 3. The number of carbonyl (C=O) groups excluding carboxylic acids is 6. The molecule has 2 aliphatic heterocycles. The minimum absolute atomic E-state index is 0.0335. The molecule has 15 nitrogen and oxygen atoms in total. The lowest BCUT2D eigenvalue weighted by atomic mass is 9.90. The second kappa shape index (κ2) is 18.6. The molecule has 1 fully saturated rings. The van der Waals surface area contributed by atoms with Gasteiger partial charge in [0.25, 0.3) is 17.7 Å². The van der Waals surface area contributed by atoms with Gasteiger partial charge in [-0.25, -0.2) is 14.0 Å². The Bertz CT molecular complexity index is 1840. The van der Waals surface area contributed by atoms with Gasteiger partial charge in [-0.2, -0.15) is 0 Å². The SMILES string of the molecule is CNC(=O)O[C@@H](C)C(=O)N[C@H](C(=O)N1Cc2ccccc2[C@H]1C(=O)Nc1cc(C(=O)NCCNC(=O)OCc2ccccc2)ccc1F)C1CCOCC1. The van der Waals surface area contributed by atoms with E-state index in [9.17, 15) is 28.8 Å². The maximum atomic E-state index is 15.1. The van der Waals surface area contributed by atoms with Gasteiger partial charge in [0.1, 0.15) is 24.5 Å². The fourth-order valence-electron chi connectivity index (χ4n) is 6.21. The average molecular weight is 747 g/mol. The number of rotatable bonds is 13. The first kappa shape index (κ1) is 39.2. The maximum absolute atomic E-state index is 15.1. The molecule has 1 saturated heterocycles. The summed E-state index contributed by atoms with van der Waals surface area (Å²) in [5, 5.41) is 12.7. The van der Waals surface area contributed by atoms with Crippen molar-refractivity contribution < 1.29 is 47.4 Å². The van der Waals surface area contributed by atoms with Crippen LogP contribution in [0, 0.1) is 11.7 Å². The van der Waals surface area contributed by atoms with Gasteiger partial charge in [-0.05, 0) is 60.6 Å². The second-order valence-corrected chi connectivity index (χ2v) is 12.7. The third-order valence-corrected chi connectivity index (χ3v) is 9.07. The number of anilines is 1. The quantitative estimate of drug-likeness (QED) is 0.164. The van der Waals surface area contributed by atoms with Gasteiger partial charge < -0.3 is 45.7 Å². The van der Waals surface area contributed by atoms with Crippen LogP contribution in [0.2, 0.25) is 0 Å². The molecule has 0 saturated carbocycles. The van der Waals surface area contributed by atoms with E-state index in [0.29, 0.717) is 37.2 Å². The minimum atomic E-state index is -1.22. The number of hydrogen-bond acceptors (Lipinski definition) is 9. The number of hydrogen-bond donors (Lipinski definition) is 5. The molecule has 3 aromatic rings. The molecule has 0 aliphatic carbocycles. The van der Waals surface area contributed by atoms with E-state index in [4.69, 9.17) is 14.2 Å². The monoisotopic (exact) mass is 746 g/mol. The Morgan fingerprint density at radius 3 is 2.35 bits per heavy atom. The number of nitrogens with zero attached hydrogens (tertiary/aromatic N) is 1. The van der Waals surface area contributed by atoms with E-state index >= 15 is 4.39 Å². The Morgan fingerprint density at radius 1 is 0.907 bits per heavy atom. The lowest BCUT2D eigenvalue weighted by Gasteiger charge is -2.35. The number of halogens is 1. The summed E-state index contributed by atoms with van der Waals surface area (Å²) in [4.78, 5) is 79.6. The number of alkyl carbamates (subject to hydrolysis) is 2. The van der Waals surface area contributed by atoms with Crippen LogP contribution in [0.1, 0.15) is 52.9 Å². The van der Waals surface area contributed by atoms with Crippen LogP contribution < -0.4 is 26.6 Å². The van der Waals surface area contributed by atoms with E-state index in [2.05, 4.69) is 26.6 Å². The fraction of sp³-hybridized carbons (Fsp3) is 0.368. The number of ether oxygens (including phenoxy) is 3. The summed E-state index contributed by atoms with van der Waals surface area (Å²) in [6.07, 6.45) is -1.80. The van der Waals surface area contributed by atoms with Gasteiger partial charge in [-0.1, -0.05) is 54.6 Å². The first-order valence-corrected chi connectivity index (χ1v) is 17.5. The van der Waals surface area contributed by atoms with E-state index in [1.54, 1.807) is 24.3 Å². The highest BCUT2D eigenvalue weighted by Gasteiger charge is 2.44. The Morgan fingerprint density at radius 2 is 1.61 bits per heavy atom. The molecule has 3 atom stereocenters. The zero-order valence-corrected chi connectivity index (χ0v) is 29.9. The topological polar surface area (TPSA) is 193 Å². The molecule has 5 N–H and O–H groups in total. The van der Waals surface area contributed by atoms with Gasteiger partial charge >= 0.3 is 12.2 Å². The van der Waals surface area contributed by atoms with Crippen LogP contribution in [-0.4, -0.2) is 86.2 Å². The third kappa shape index (κ3) is 10.1. The first-order valence-electron chi connectivity index (χ1n) is 17.5. The zero-order chi connectivity index (χ0) is 38.6. The molecule has 286 valence electrons. The van der Waals surface area contributed by atoms with Crippen molar-refractivity contribution in [1.29, 1.82) is 0 Å². The summed E-state index contributed by atoms with van der Waals surface area (Å²) in [5.41, 5.74) is 1.77. The molecular weight excluding hydrogens is 703 g/mol. The zero-order valence-electron chi connectivity index (χ0n) is 29.9. The van der Waals surface area contributed by atoms with E-state index in [0.717, 1.165) is 11.6 Å². The summed E-state index contributed by atoms with van der Waals surface area (Å²) in [6.45, 7) is 2.32. The predicted molar refractivity (Wildman–Crippen MR) is 192 cm³/mol. The minimum Gasteiger partial charge on any atom is -0.445 e. The summed E-state index contributed by atoms with van der Waals surface area (Å²) in [5.74, 6) is -3.74. The van der Waals surface area contributed by atoms with Crippen LogP contribution in [-0.2, 0) is 41.7 Å². The molecule has 2 heterocycles. The number of amides is 6. The van der Waals surface area contributed by atoms with Crippen LogP contribution in [0.4, 0.5) is 19.7 Å². The molecular formula is C38H43FN6O9. The summed E-state index contributed by atoms with van der Waals surface area (Å²) in [6, 6.07) is 17.2. The summed E-state index contributed by atoms with van der Waals surface area (Å²) >= 11 is 0. The van der Waals surface area contributed by atoms with Gasteiger partial charge in [-0.3, -0.25) is 19.2 Å². The normalized spacial score (nSPS) is 16.2. The largest absolute Gasteiger partial charge is 0.445 e. The lowest BCUT2D eigenvalue weighted by Crippen LogP contribution is -2.55. The van der Waals surface area contributed by atoms with Gasteiger partial charge in [0.15, 0.2) is 6.10 Å². The van der Waals surface area contributed by atoms with Crippen molar-refractivity contribution in [2.45, 2.75) is 51.1 Å². The Hall–Kier alpha value is -6.03. The van der Waals surface area contributed by atoms with Crippen LogP contribution >= 0.6 is 0 Å². The van der Waals surface area contributed by atoms with Gasteiger partial charge in [0.2, 0.25) is 5.91 Å². The van der Waals surface area contributed by atoms with E-state index < -0.39 is 59.8 Å². The Kier molecular flexibility index (Phi) is 13.5. The highest BCUT2D eigenvalue weighted by molar-refractivity contribution is 6.02. The van der Waals surface area contributed by atoms with Crippen molar-refractivity contribution >= 4 is 41.5 Å². The van der Waals surface area contributed by atoms with E-state index in [1.165, 1.54) is 31.0 Å². The van der Waals surface area contributed by atoms with E-state index in [-0.39, 0.29) is 43.4 Å². The van der Waals surface area contributed by atoms with Gasteiger partial charge in [-0.15, -0.1) is 0 Å². The smallest absolute Gasteiger partial charge is 0.407 e. The fourth-order valence-corrected chi connectivity index (χ4v) is 6.21. The third-order valence-electron chi connectivity index (χ3n) is 9.07. The van der Waals surface area contributed by atoms with Crippen molar-refractivity contribution in [2.75, 3.05) is 38.7 Å². The van der Waals surface area contributed by atoms with Crippen molar-refractivity contribution in [3.05, 3.63) is 101 Å². The standard InChI is InChI=1S/C38H43FN6O9/c1-23(54-37(50)40-2)33(46)44-31(25-14-18-52-19-15-25)36(49)45-21-27-10-6-7-11-28(27)32(45)35(48)43-30-20-26(12-13-29(30)39)34(47)41-16-17-42-38(51)53-22-24-8-4-3-5-9-24/h3-13,20,23,25,31-32H,14-19,21-22H2,1-2H3,(H,40,50)(H,41,47)(H,42,51)(H,43,48)(H,44,46)/t23-,31-,32-/m0/s1. The van der Waals surface area contributed by atoms with E-state index in [1.807, 2.05) is 30.3 Å². The Balaban J connectivity index is 1.26. The molecule has 54 heavy (non-hydrogen) atoms. The molecule has 0 aromatic heterocycles. The van der Waals surface area contributed by atoms with Crippen molar-refractivity contribution in [1.82, 2.24) is 26.2 Å². The molecule has 3 aromatic carbocycles. The van der Waals surface area contributed by atoms with Crippen molar-refractivity contribution in [2.24, 2.45) is 5.92 Å². The maximum Gasteiger partial charge on any atom is 0.407 e. The number of fused-ring (bicyclic) bond motifs is 1. The molecule has 0 unspecified atom stereocenters. The lowest BCUT2D eigenvalue weighted by molar-refractivity contribution is -0.145. The van der Waals surface area contributed by atoms with Crippen LogP contribution in [0.25, 0.3) is 0 Å². The average Bonchev–Trinajstić information content (AvgIpc) is 3.59. The molecule has 0 radical (unpaired) electrons. The molecule has 16 heteroatoms. The molecule has 0 bridgehead atoms. The molecule has 6 amide bonds. The van der Waals surface area contributed by atoms with Crippen LogP contribution in [0.5, 0.6) is 0 Å². The molecule has 0 spiro atoms. The van der Waals surface area contributed by atoms with Crippen molar-refractivity contribution in [3.8, 4) is 0 Å². The predicted octanol–water partition coefficient (Wildman–Crippen LogP) is 3.16. The molecule has 2 aliphatic rings.